The second kappa shape index (κ2) is 7.70. The molecular formula is C16H15N5O3S2. The molecule has 2 aromatic carbocycles. The molecule has 1 amide bonds. The minimum atomic E-state index is -3.90. The molecule has 0 spiro atoms. The van der Waals surface area contributed by atoms with Gasteiger partial charge in [-0.05, 0) is 12.1 Å². The van der Waals surface area contributed by atoms with Crippen LogP contribution in [0.2, 0.25) is 0 Å². The number of sulfonamides is 1. The highest BCUT2D eigenvalue weighted by molar-refractivity contribution is 7.89. The monoisotopic (exact) mass is 389 g/mol. The van der Waals surface area contributed by atoms with Crippen molar-refractivity contribution in [2.45, 2.75) is 11.1 Å². The molecular weight excluding hydrogens is 374 g/mol. The number of aromatic nitrogens is 2. The Morgan fingerprint density at radius 1 is 1.00 bits per heavy atom. The molecule has 0 fully saturated rings. The fourth-order valence-electron chi connectivity index (χ4n) is 2.04. The van der Waals surface area contributed by atoms with Crippen LogP contribution in [0, 0.1) is 0 Å². The van der Waals surface area contributed by atoms with E-state index in [0.29, 0.717) is 5.01 Å². The SMILES string of the molecule is NC(NS(=O)(=O)c1ccccc1)C(=O)Nc1nnc(-c2ccccc2)s1. The molecule has 0 radical (unpaired) electrons. The lowest BCUT2D eigenvalue weighted by molar-refractivity contribution is -0.117. The number of nitrogens with zero attached hydrogens (tertiary/aromatic N) is 2. The largest absolute Gasteiger partial charge is 0.307 e. The summed E-state index contributed by atoms with van der Waals surface area (Å²) in [6, 6.07) is 17.0. The van der Waals surface area contributed by atoms with Gasteiger partial charge < -0.3 is 5.73 Å². The highest BCUT2D eigenvalue weighted by atomic mass is 32.2. The van der Waals surface area contributed by atoms with E-state index in [1.54, 1.807) is 18.2 Å². The number of benzene rings is 2. The number of anilines is 1. The van der Waals surface area contributed by atoms with E-state index in [9.17, 15) is 13.2 Å². The van der Waals surface area contributed by atoms with Crippen molar-refractivity contribution in [1.29, 1.82) is 0 Å². The molecule has 0 aliphatic rings. The van der Waals surface area contributed by atoms with Crippen molar-refractivity contribution in [3.05, 3.63) is 60.7 Å². The van der Waals surface area contributed by atoms with Gasteiger partial charge in [-0.3, -0.25) is 10.1 Å². The third kappa shape index (κ3) is 4.29. The maximum atomic E-state index is 12.2. The number of rotatable bonds is 6. The van der Waals surface area contributed by atoms with Crippen LogP contribution in [0.3, 0.4) is 0 Å². The van der Waals surface area contributed by atoms with Crippen LogP contribution in [-0.4, -0.2) is 30.7 Å². The molecule has 1 heterocycles. The Bertz CT molecular complexity index is 991. The maximum absolute atomic E-state index is 12.2. The van der Waals surface area contributed by atoms with E-state index in [2.05, 4.69) is 20.2 Å². The van der Waals surface area contributed by atoms with Gasteiger partial charge in [-0.2, -0.15) is 4.72 Å². The number of nitrogens with one attached hydrogen (secondary N) is 2. The number of hydrogen-bond acceptors (Lipinski definition) is 7. The molecule has 0 saturated heterocycles. The molecule has 8 nitrogen and oxygen atoms in total. The highest BCUT2D eigenvalue weighted by Gasteiger charge is 2.23. The second-order valence-electron chi connectivity index (χ2n) is 5.18. The summed E-state index contributed by atoms with van der Waals surface area (Å²) in [5.41, 5.74) is 6.52. The van der Waals surface area contributed by atoms with Crippen molar-refractivity contribution in [3.8, 4) is 10.6 Å². The van der Waals surface area contributed by atoms with Gasteiger partial charge >= 0.3 is 0 Å². The van der Waals surface area contributed by atoms with Crippen LogP contribution in [-0.2, 0) is 14.8 Å². The molecule has 10 heteroatoms. The quantitative estimate of drug-likeness (QED) is 0.547. The first-order chi connectivity index (χ1) is 12.5. The van der Waals surface area contributed by atoms with E-state index >= 15 is 0 Å². The number of nitrogens with two attached hydrogens (primary N) is 1. The van der Waals surface area contributed by atoms with E-state index < -0.39 is 22.1 Å². The first-order valence-electron chi connectivity index (χ1n) is 7.48. The number of carbonyl (C=O) groups is 1. The molecule has 0 aliphatic heterocycles. The Kier molecular flexibility index (Phi) is 5.38. The minimum absolute atomic E-state index is 0.0190. The Labute approximate surface area is 154 Å². The number of amides is 1. The van der Waals surface area contributed by atoms with Gasteiger partial charge in [0.15, 0.2) is 0 Å². The molecule has 3 aromatic rings. The van der Waals surface area contributed by atoms with Crippen molar-refractivity contribution in [2.75, 3.05) is 5.32 Å². The van der Waals surface area contributed by atoms with E-state index in [1.807, 2.05) is 30.3 Å². The summed E-state index contributed by atoms with van der Waals surface area (Å²) >= 11 is 1.16. The molecule has 0 saturated carbocycles. The number of hydrogen-bond donors (Lipinski definition) is 3. The van der Waals surface area contributed by atoms with Crippen LogP contribution in [0.25, 0.3) is 10.6 Å². The zero-order valence-electron chi connectivity index (χ0n) is 13.4. The molecule has 0 bridgehead atoms. The van der Waals surface area contributed by atoms with Gasteiger partial charge in [-0.1, -0.05) is 59.9 Å². The fourth-order valence-corrected chi connectivity index (χ4v) is 3.89. The Balaban J connectivity index is 1.66. The van der Waals surface area contributed by atoms with Crippen molar-refractivity contribution in [1.82, 2.24) is 14.9 Å². The van der Waals surface area contributed by atoms with E-state index in [1.165, 1.54) is 12.1 Å². The lowest BCUT2D eigenvalue weighted by Gasteiger charge is -2.13. The molecule has 1 atom stereocenters. The Morgan fingerprint density at radius 2 is 1.62 bits per heavy atom. The van der Waals surface area contributed by atoms with Crippen molar-refractivity contribution < 1.29 is 13.2 Å². The van der Waals surface area contributed by atoms with Crippen molar-refractivity contribution in [3.63, 3.8) is 0 Å². The molecule has 134 valence electrons. The van der Waals surface area contributed by atoms with Gasteiger partial charge in [0.05, 0.1) is 4.90 Å². The van der Waals surface area contributed by atoms with Crippen LogP contribution in [0.1, 0.15) is 0 Å². The summed E-state index contributed by atoms with van der Waals surface area (Å²) in [7, 11) is -3.90. The summed E-state index contributed by atoms with van der Waals surface area (Å²) in [6.45, 7) is 0. The topological polar surface area (TPSA) is 127 Å². The molecule has 3 rings (SSSR count). The van der Waals surface area contributed by atoms with E-state index in [0.717, 1.165) is 16.9 Å². The van der Waals surface area contributed by atoms with Crippen molar-refractivity contribution in [2.24, 2.45) is 5.73 Å². The average molecular weight is 389 g/mol. The second-order valence-corrected chi connectivity index (χ2v) is 7.87. The predicted octanol–water partition coefficient (Wildman–Crippen LogP) is 1.41. The zero-order chi connectivity index (χ0) is 18.6. The molecule has 1 aromatic heterocycles. The van der Waals surface area contributed by atoms with Gasteiger partial charge in [0.1, 0.15) is 11.2 Å². The normalized spacial score (nSPS) is 12.5. The highest BCUT2D eigenvalue weighted by Crippen LogP contribution is 2.25. The fraction of sp³-hybridized carbons (Fsp3) is 0.0625. The number of carbonyl (C=O) groups excluding carboxylic acids is 1. The summed E-state index contributed by atoms with van der Waals surface area (Å²) in [6.07, 6.45) is -1.47. The van der Waals surface area contributed by atoms with Gasteiger partial charge in [-0.15, -0.1) is 10.2 Å². The predicted molar refractivity (Wildman–Crippen MR) is 98.7 cm³/mol. The summed E-state index contributed by atoms with van der Waals surface area (Å²) < 4.78 is 26.5. The van der Waals surface area contributed by atoms with Gasteiger partial charge in [0.2, 0.25) is 15.2 Å². The first kappa shape index (κ1) is 18.1. The summed E-state index contributed by atoms with van der Waals surface area (Å²) in [5, 5.41) is 11.2. The molecule has 4 N–H and O–H groups in total. The zero-order valence-corrected chi connectivity index (χ0v) is 15.0. The lowest BCUT2D eigenvalue weighted by Crippen LogP contribution is -2.49. The smallest absolute Gasteiger partial charge is 0.258 e. The van der Waals surface area contributed by atoms with Crippen LogP contribution in [0.15, 0.2) is 65.6 Å². The van der Waals surface area contributed by atoms with Crippen LogP contribution >= 0.6 is 11.3 Å². The Morgan fingerprint density at radius 3 is 2.27 bits per heavy atom. The van der Waals surface area contributed by atoms with Crippen molar-refractivity contribution >= 4 is 32.4 Å². The van der Waals surface area contributed by atoms with Crippen LogP contribution in [0.4, 0.5) is 5.13 Å². The third-order valence-corrected chi connectivity index (χ3v) is 5.64. The maximum Gasteiger partial charge on any atom is 0.258 e. The van der Waals surface area contributed by atoms with Gasteiger partial charge in [-0.25, -0.2) is 8.42 Å². The summed E-state index contributed by atoms with van der Waals surface area (Å²) in [5.74, 6) is -0.736. The van der Waals surface area contributed by atoms with Gasteiger partial charge in [0, 0.05) is 5.56 Å². The molecule has 1 unspecified atom stereocenters. The van der Waals surface area contributed by atoms with Crippen LogP contribution in [0.5, 0.6) is 0 Å². The molecule has 0 aliphatic carbocycles. The Hall–Kier alpha value is -2.66. The average Bonchev–Trinajstić information content (AvgIpc) is 3.11. The van der Waals surface area contributed by atoms with E-state index in [-0.39, 0.29) is 10.0 Å². The van der Waals surface area contributed by atoms with E-state index in [4.69, 9.17) is 5.73 Å². The summed E-state index contributed by atoms with van der Waals surface area (Å²) in [4.78, 5) is 12.2. The van der Waals surface area contributed by atoms with Crippen LogP contribution < -0.4 is 15.8 Å². The van der Waals surface area contributed by atoms with Gasteiger partial charge in [0.25, 0.3) is 5.91 Å². The third-order valence-electron chi connectivity index (χ3n) is 3.29. The molecule has 26 heavy (non-hydrogen) atoms. The first-order valence-corrected chi connectivity index (χ1v) is 9.78. The standard InChI is InChI=1S/C16H15N5O3S2/c17-13(21-26(23,24)12-9-5-2-6-10-12)14(22)18-16-20-19-15(25-16)11-7-3-1-4-8-11/h1-10,13,21H,17H2,(H,18,20,22). The lowest BCUT2D eigenvalue weighted by atomic mass is 10.2. The minimum Gasteiger partial charge on any atom is -0.307 e.